The van der Waals surface area contributed by atoms with Crippen molar-refractivity contribution in [3.63, 3.8) is 0 Å². The van der Waals surface area contributed by atoms with Gasteiger partial charge < -0.3 is 20.5 Å². The van der Waals surface area contributed by atoms with Crippen molar-refractivity contribution in [3.8, 4) is 22.8 Å². The summed E-state index contributed by atoms with van der Waals surface area (Å²) in [6.07, 6.45) is 3.39. The zero-order chi connectivity index (χ0) is 17.7. The van der Waals surface area contributed by atoms with Crippen molar-refractivity contribution in [3.05, 3.63) is 23.6 Å². The molecule has 1 amide bonds. The molecule has 0 spiro atoms. The van der Waals surface area contributed by atoms with Crippen LogP contribution in [-0.2, 0) is 4.79 Å². The number of aromatic nitrogens is 1. The fourth-order valence-electron chi connectivity index (χ4n) is 4.58. The average molecular weight is 371 g/mol. The normalized spacial score (nSPS) is 29.0. The highest BCUT2D eigenvalue weighted by Crippen LogP contribution is 2.48. The number of carbonyl (C=O) groups is 1. The molecule has 2 bridgehead atoms. The summed E-state index contributed by atoms with van der Waals surface area (Å²) in [4.78, 5) is 17.3. The molecule has 2 aliphatic carbocycles. The van der Waals surface area contributed by atoms with Crippen LogP contribution < -0.4 is 20.5 Å². The van der Waals surface area contributed by atoms with Gasteiger partial charge in [-0.15, -0.1) is 11.3 Å². The van der Waals surface area contributed by atoms with E-state index in [0.29, 0.717) is 30.2 Å². The van der Waals surface area contributed by atoms with Crippen molar-refractivity contribution < 1.29 is 14.3 Å². The highest BCUT2D eigenvalue weighted by Gasteiger charge is 2.49. The molecule has 2 fully saturated rings. The second-order valence-electron chi connectivity index (χ2n) is 7.32. The van der Waals surface area contributed by atoms with Crippen LogP contribution in [0.15, 0.2) is 23.6 Å². The summed E-state index contributed by atoms with van der Waals surface area (Å²) >= 11 is 1.43. The van der Waals surface area contributed by atoms with E-state index < -0.39 is 0 Å². The summed E-state index contributed by atoms with van der Waals surface area (Å²) in [5, 5.41) is 5.55. The predicted molar refractivity (Wildman–Crippen MR) is 99.5 cm³/mol. The van der Waals surface area contributed by atoms with Crippen LogP contribution in [0.4, 0.5) is 5.13 Å². The van der Waals surface area contributed by atoms with Crippen molar-refractivity contribution in [1.82, 2.24) is 4.98 Å². The third-order valence-corrected chi connectivity index (χ3v) is 6.61. The molecule has 26 heavy (non-hydrogen) atoms. The van der Waals surface area contributed by atoms with Crippen molar-refractivity contribution in [2.24, 2.45) is 23.5 Å². The summed E-state index contributed by atoms with van der Waals surface area (Å²) < 4.78 is 11.2. The lowest BCUT2D eigenvalue weighted by Gasteiger charge is -2.26. The van der Waals surface area contributed by atoms with Crippen LogP contribution in [0.5, 0.6) is 11.5 Å². The van der Waals surface area contributed by atoms with Gasteiger partial charge in [0.25, 0.3) is 0 Å². The number of benzene rings is 1. The van der Waals surface area contributed by atoms with Crippen LogP contribution in [0.1, 0.15) is 19.3 Å². The van der Waals surface area contributed by atoms with Gasteiger partial charge in [-0.25, -0.2) is 4.98 Å². The lowest BCUT2D eigenvalue weighted by molar-refractivity contribution is -0.121. The third kappa shape index (κ3) is 2.66. The first-order valence-electron chi connectivity index (χ1n) is 9.11. The molecule has 2 aromatic rings. The number of carbonyl (C=O) groups excluding carboxylic acids is 1. The molecule has 1 aliphatic heterocycles. The molecule has 1 aromatic carbocycles. The average Bonchev–Trinajstić information content (AvgIpc) is 3.37. The molecule has 136 valence electrons. The van der Waals surface area contributed by atoms with Gasteiger partial charge in [0.15, 0.2) is 16.6 Å². The van der Waals surface area contributed by atoms with Gasteiger partial charge in [-0.05, 0) is 49.3 Å². The summed E-state index contributed by atoms with van der Waals surface area (Å²) in [5.41, 5.74) is 8.04. The molecule has 6 nitrogen and oxygen atoms in total. The second kappa shape index (κ2) is 6.25. The number of fused-ring (bicyclic) bond motifs is 3. The van der Waals surface area contributed by atoms with Crippen molar-refractivity contribution in [2.45, 2.75) is 25.3 Å². The van der Waals surface area contributed by atoms with Crippen LogP contribution in [-0.4, -0.2) is 30.1 Å². The van der Waals surface area contributed by atoms with Crippen molar-refractivity contribution >= 4 is 22.4 Å². The molecule has 0 saturated heterocycles. The number of hydrogen-bond donors (Lipinski definition) is 2. The minimum absolute atomic E-state index is 0.00835. The van der Waals surface area contributed by atoms with E-state index in [9.17, 15) is 4.79 Å². The van der Waals surface area contributed by atoms with Gasteiger partial charge in [0.1, 0.15) is 13.2 Å². The molecular weight excluding hydrogens is 350 g/mol. The van der Waals surface area contributed by atoms with Gasteiger partial charge in [-0.3, -0.25) is 4.79 Å². The topological polar surface area (TPSA) is 86.5 Å². The second-order valence-corrected chi connectivity index (χ2v) is 8.18. The first-order valence-corrected chi connectivity index (χ1v) is 9.99. The molecule has 3 N–H and O–H groups in total. The van der Waals surface area contributed by atoms with Crippen LogP contribution in [0.25, 0.3) is 11.3 Å². The molecule has 5 rings (SSSR count). The number of anilines is 1. The maximum absolute atomic E-state index is 12.7. The predicted octanol–water partition coefficient (Wildman–Crippen LogP) is 2.89. The molecular formula is C19H21N3O3S. The van der Waals surface area contributed by atoms with E-state index in [4.69, 9.17) is 15.2 Å². The summed E-state index contributed by atoms with van der Waals surface area (Å²) in [5.74, 6) is 2.39. The molecule has 2 saturated carbocycles. The minimum Gasteiger partial charge on any atom is -0.486 e. The molecule has 7 heteroatoms. The highest BCUT2D eigenvalue weighted by atomic mass is 32.1. The zero-order valence-electron chi connectivity index (χ0n) is 14.3. The van der Waals surface area contributed by atoms with Crippen LogP contribution in [0, 0.1) is 17.8 Å². The summed E-state index contributed by atoms with van der Waals surface area (Å²) in [7, 11) is 0. The number of nitrogens with one attached hydrogen (secondary N) is 1. The number of ether oxygens (including phenoxy) is 2. The molecule has 3 aliphatic rings. The molecule has 4 unspecified atom stereocenters. The number of nitrogens with two attached hydrogens (primary N) is 1. The molecule has 0 radical (unpaired) electrons. The van der Waals surface area contributed by atoms with E-state index in [-0.39, 0.29) is 17.9 Å². The number of rotatable bonds is 3. The van der Waals surface area contributed by atoms with Crippen molar-refractivity contribution in [1.29, 1.82) is 0 Å². The Morgan fingerprint density at radius 1 is 1.19 bits per heavy atom. The fourth-order valence-corrected chi connectivity index (χ4v) is 5.30. The smallest absolute Gasteiger partial charge is 0.231 e. The lowest BCUT2D eigenvalue weighted by Crippen LogP contribution is -2.42. The Hall–Kier alpha value is -2.12. The molecule has 4 atom stereocenters. The zero-order valence-corrected chi connectivity index (χ0v) is 15.1. The number of amides is 1. The van der Waals surface area contributed by atoms with E-state index in [2.05, 4.69) is 10.3 Å². The first kappa shape index (κ1) is 16.1. The Morgan fingerprint density at radius 3 is 2.81 bits per heavy atom. The van der Waals surface area contributed by atoms with E-state index >= 15 is 0 Å². The Bertz CT molecular complexity index is 850. The maximum atomic E-state index is 12.7. The number of hydrogen-bond acceptors (Lipinski definition) is 6. The Morgan fingerprint density at radius 2 is 2.00 bits per heavy atom. The lowest BCUT2D eigenvalue weighted by atomic mass is 9.84. The van der Waals surface area contributed by atoms with Gasteiger partial charge >= 0.3 is 0 Å². The Labute approximate surface area is 155 Å². The van der Waals surface area contributed by atoms with Gasteiger partial charge in [0, 0.05) is 17.0 Å². The molecule has 2 heterocycles. The summed E-state index contributed by atoms with van der Waals surface area (Å²) in [6, 6.07) is 5.78. The Kier molecular flexibility index (Phi) is 3.86. The SMILES string of the molecule is NC1C2CCC(C2)C1C(=O)Nc1nc(-c2ccc3c(c2)OCCO3)cs1. The van der Waals surface area contributed by atoms with Gasteiger partial charge in [-0.2, -0.15) is 0 Å². The van der Waals surface area contributed by atoms with E-state index in [0.717, 1.165) is 35.6 Å². The summed E-state index contributed by atoms with van der Waals surface area (Å²) in [6.45, 7) is 1.13. The van der Waals surface area contributed by atoms with Gasteiger partial charge in [-0.1, -0.05) is 0 Å². The third-order valence-electron chi connectivity index (χ3n) is 5.86. The van der Waals surface area contributed by atoms with Gasteiger partial charge in [0.05, 0.1) is 11.6 Å². The highest BCUT2D eigenvalue weighted by molar-refractivity contribution is 7.14. The minimum atomic E-state index is -0.0737. The standard InChI is InChI=1S/C19H21N3O3S/c20-17-12-2-1-11(7-12)16(17)18(23)22-19-21-13(9-26-19)10-3-4-14-15(8-10)25-6-5-24-14/h3-4,8-9,11-12,16-17H,1-2,5-7,20H2,(H,21,22,23). The van der Waals surface area contributed by atoms with E-state index in [1.54, 1.807) is 0 Å². The number of nitrogens with zero attached hydrogens (tertiary/aromatic N) is 1. The first-order chi connectivity index (χ1) is 12.7. The van der Waals surface area contributed by atoms with Crippen LogP contribution in [0.2, 0.25) is 0 Å². The number of thiazole rings is 1. The monoisotopic (exact) mass is 371 g/mol. The quantitative estimate of drug-likeness (QED) is 0.866. The fraction of sp³-hybridized carbons (Fsp3) is 0.474. The maximum Gasteiger partial charge on any atom is 0.231 e. The van der Waals surface area contributed by atoms with Crippen LogP contribution >= 0.6 is 11.3 Å². The largest absolute Gasteiger partial charge is 0.486 e. The van der Waals surface area contributed by atoms with E-state index in [1.807, 2.05) is 23.6 Å². The Balaban J connectivity index is 1.32. The molecule has 1 aromatic heterocycles. The van der Waals surface area contributed by atoms with E-state index in [1.165, 1.54) is 17.8 Å². The van der Waals surface area contributed by atoms with Crippen molar-refractivity contribution in [2.75, 3.05) is 18.5 Å². The van der Waals surface area contributed by atoms with Crippen LogP contribution in [0.3, 0.4) is 0 Å². The van der Waals surface area contributed by atoms with Gasteiger partial charge in [0.2, 0.25) is 5.91 Å².